The van der Waals surface area contributed by atoms with Gasteiger partial charge >= 0.3 is 0 Å². The first kappa shape index (κ1) is 18.1. The number of hydrogen-bond acceptors (Lipinski definition) is 5. The molecule has 9 heteroatoms. The number of nitro groups is 1. The van der Waals surface area contributed by atoms with E-state index in [1.165, 1.54) is 35.5 Å². The predicted molar refractivity (Wildman–Crippen MR) is 98.7 cm³/mol. The first-order chi connectivity index (χ1) is 12.5. The number of aliphatic hydroxyl groups excluding tert-OH is 1. The van der Waals surface area contributed by atoms with Gasteiger partial charge in [0, 0.05) is 27.7 Å². The molecule has 26 heavy (non-hydrogen) atoms. The summed E-state index contributed by atoms with van der Waals surface area (Å²) < 4.78 is 1.40. The Morgan fingerprint density at radius 3 is 2.54 bits per heavy atom. The molecule has 1 aromatic heterocycles. The van der Waals surface area contributed by atoms with Crippen molar-refractivity contribution in [1.82, 2.24) is 14.8 Å². The van der Waals surface area contributed by atoms with E-state index in [1.807, 2.05) is 0 Å². The fourth-order valence-corrected chi connectivity index (χ4v) is 2.87. The Balaban J connectivity index is 2.04. The molecule has 0 aliphatic heterocycles. The average molecular weight is 391 g/mol. The molecule has 2 aromatic carbocycles. The summed E-state index contributed by atoms with van der Waals surface area (Å²) in [6.45, 7) is 0. The molecule has 1 heterocycles. The molecule has 1 atom stereocenters. The molecular weight excluding hydrogens is 379 g/mol. The Morgan fingerprint density at radius 1 is 1.23 bits per heavy atom. The molecule has 0 aliphatic carbocycles. The maximum absolute atomic E-state index is 10.8. The minimum Gasteiger partial charge on any atom is -0.382 e. The largest absolute Gasteiger partial charge is 0.382 e. The van der Waals surface area contributed by atoms with Gasteiger partial charge < -0.3 is 5.11 Å². The van der Waals surface area contributed by atoms with Crippen LogP contribution < -0.4 is 0 Å². The number of aromatic nitrogens is 3. The van der Waals surface area contributed by atoms with Gasteiger partial charge in [0.2, 0.25) is 0 Å². The lowest BCUT2D eigenvalue weighted by Gasteiger charge is -2.17. The molecule has 0 unspecified atom stereocenters. The van der Waals surface area contributed by atoms with Crippen LogP contribution in [0.2, 0.25) is 10.0 Å². The zero-order chi connectivity index (χ0) is 18.7. The van der Waals surface area contributed by atoms with Crippen molar-refractivity contribution >= 4 is 40.7 Å². The van der Waals surface area contributed by atoms with Gasteiger partial charge in [-0.2, -0.15) is 5.10 Å². The first-order valence-corrected chi connectivity index (χ1v) is 8.15. The van der Waals surface area contributed by atoms with Crippen LogP contribution >= 0.6 is 23.2 Å². The summed E-state index contributed by atoms with van der Waals surface area (Å²) in [6, 6.07) is 10.7. The standard InChI is InChI=1S/C17H12Cl2N4O3/c18-12-3-6-14(15(19)8-12)17(24)16(22-10-20-9-21-22)7-11-1-4-13(5-2-11)23(25)26/h1-10,17,24H/b16-7+/t17-/m1/s1. The second kappa shape index (κ2) is 7.65. The van der Waals surface area contributed by atoms with Gasteiger partial charge in [-0.25, -0.2) is 9.67 Å². The maximum atomic E-state index is 10.8. The summed E-state index contributed by atoms with van der Waals surface area (Å²) >= 11 is 12.1. The first-order valence-electron chi connectivity index (χ1n) is 7.40. The summed E-state index contributed by atoms with van der Waals surface area (Å²) in [7, 11) is 0. The molecule has 0 bridgehead atoms. The van der Waals surface area contributed by atoms with E-state index in [2.05, 4.69) is 10.1 Å². The van der Waals surface area contributed by atoms with Crippen LogP contribution in [0.3, 0.4) is 0 Å². The van der Waals surface area contributed by atoms with Gasteiger partial charge in [0.05, 0.1) is 10.6 Å². The Labute approximate surface area is 158 Å². The molecular formula is C17H12Cl2N4O3. The van der Waals surface area contributed by atoms with Gasteiger partial charge in [0.25, 0.3) is 5.69 Å². The zero-order valence-electron chi connectivity index (χ0n) is 13.2. The monoisotopic (exact) mass is 390 g/mol. The summed E-state index contributed by atoms with van der Waals surface area (Å²) in [4.78, 5) is 14.2. The molecule has 7 nitrogen and oxygen atoms in total. The number of nitro benzene ring substituents is 1. The third-order valence-corrected chi connectivity index (χ3v) is 4.20. The molecule has 0 fully saturated rings. The number of halogens is 2. The second-order valence-corrected chi connectivity index (χ2v) is 6.17. The van der Waals surface area contributed by atoms with Gasteiger partial charge in [-0.15, -0.1) is 0 Å². The highest BCUT2D eigenvalue weighted by Crippen LogP contribution is 2.33. The van der Waals surface area contributed by atoms with E-state index in [4.69, 9.17) is 23.2 Å². The lowest BCUT2D eigenvalue weighted by molar-refractivity contribution is -0.384. The van der Waals surface area contributed by atoms with Crippen LogP contribution in [0.15, 0.2) is 55.1 Å². The van der Waals surface area contributed by atoms with Crippen LogP contribution in [-0.2, 0) is 0 Å². The van der Waals surface area contributed by atoms with Crippen molar-refractivity contribution in [3.8, 4) is 0 Å². The van der Waals surface area contributed by atoms with Crippen LogP contribution in [0.25, 0.3) is 11.8 Å². The Kier molecular flexibility index (Phi) is 5.32. The van der Waals surface area contributed by atoms with Crippen molar-refractivity contribution in [1.29, 1.82) is 0 Å². The lowest BCUT2D eigenvalue weighted by Crippen LogP contribution is -2.09. The SMILES string of the molecule is O=[N+]([O-])c1ccc(/C=C(\[C@H](O)c2ccc(Cl)cc2Cl)n2cncn2)cc1. The fraction of sp³-hybridized carbons (Fsp3) is 0.0588. The van der Waals surface area contributed by atoms with E-state index in [1.54, 1.807) is 30.3 Å². The quantitative estimate of drug-likeness (QED) is 0.519. The molecule has 0 amide bonds. The normalized spacial score (nSPS) is 12.8. The van der Waals surface area contributed by atoms with Crippen LogP contribution in [0.4, 0.5) is 5.69 Å². The fourth-order valence-electron chi connectivity index (χ4n) is 2.36. The highest BCUT2D eigenvalue weighted by Gasteiger charge is 2.19. The minimum absolute atomic E-state index is 0.0225. The molecule has 0 radical (unpaired) electrons. The van der Waals surface area contributed by atoms with Crippen LogP contribution in [0, 0.1) is 10.1 Å². The smallest absolute Gasteiger partial charge is 0.269 e. The molecule has 0 saturated carbocycles. The van der Waals surface area contributed by atoms with Crippen molar-refractivity contribution in [3.63, 3.8) is 0 Å². The molecule has 3 aromatic rings. The second-order valence-electron chi connectivity index (χ2n) is 5.33. The number of nitrogens with zero attached hydrogens (tertiary/aromatic N) is 4. The van der Waals surface area contributed by atoms with E-state index in [0.717, 1.165) is 0 Å². The van der Waals surface area contributed by atoms with Gasteiger partial charge in [0.1, 0.15) is 18.8 Å². The highest BCUT2D eigenvalue weighted by atomic mass is 35.5. The lowest BCUT2D eigenvalue weighted by atomic mass is 10.0. The molecule has 0 spiro atoms. The maximum Gasteiger partial charge on any atom is 0.269 e. The number of rotatable bonds is 5. The summed E-state index contributed by atoms with van der Waals surface area (Å²) in [5.74, 6) is 0. The summed E-state index contributed by atoms with van der Waals surface area (Å²) in [5.41, 5.74) is 1.44. The third-order valence-electron chi connectivity index (χ3n) is 3.64. The van der Waals surface area contributed by atoms with Gasteiger partial charge in [-0.1, -0.05) is 29.3 Å². The van der Waals surface area contributed by atoms with Gasteiger partial charge in [0.15, 0.2) is 0 Å². The van der Waals surface area contributed by atoms with Crippen molar-refractivity contribution in [2.75, 3.05) is 0 Å². The molecule has 1 N–H and O–H groups in total. The third kappa shape index (κ3) is 3.91. The number of benzene rings is 2. The van der Waals surface area contributed by atoms with E-state index in [-0.39, 0.29) is 5.69 Å². The predicted octanol–water partition coefficient (Wildman–Crippen LogP) is 4.22. The molecule has 0 saturated heterocycles. The van der Waals surface area contributed by atoms with Crippen LogP contribution in [0.5, 0.6) is 0 Å². The van der Waals surface area contributed by atoms with E-state index < -0.39 is 11.0 Å². The average Bonchev–Trinajstić information content (AvgIpc) is 3.14. The van der Waals surface area contributed by atoms with Gasteiger partial charge in [-0.3, -0.25) is 10.1 Å². The Bertz CT molecular complexity index is 957. The Morgan fingerprint density at radius 2 is 1.96 bits per heavy atom. The zero-order valence-corrected chi connectivity index (χ0v) is 14.7. The molecule has 0 aliphatic rings. The van der Waals surface area contributed by atoms with Crippen molar-refractivity contribution in [2.45, 2.75) is 6.10 Å². The molecule has 3 rings (SSSR count). The molecule has 132 valence electrons. The minimum atomic E-state index is -1.11. The summed E-state index contributed by atoms with van der Waals surface area (Å²) in [5, 5.41) is 26.4. The number of non-ortho nitro benzene ring substituents is 1. The van der Waals surface area contributed by atoms with Gasteiger partial charge in [-0.05, 0) is 35.9 Å². The topological polar surface area (TPSA) is 94.1 Å². The van der Waals surface area contributed by atoms with Crippen LogP contribution in [0.1, 0.15) is 17.2 Å². The number of hydrogen-bond donors (Lipinski definition) is 1. The highest BCUT2D eigenvalue weighted by molar-refractivity contribution is 6.35. The van der Waals surface area contributed by atoms with Crippen LogP contribution in [-0.4, -0.2) is 24.8 Å². The van der Waals surface area contributed by atoms with Crippen molar-refractivity contribution < 1.29 is 10.0 Å². The van der Waals surface area contributed by atoms with E-state index in [9.17, 15) is 15.2 Å². The Hall–Kier alpha value is -2.74. The van der Waals surface area contributed by atoms with E-state index >= 15 is 0 Å². The van der Waals surface area contributed by atoms with Crippen molar-refractivity contribution in [2.24, 2.45) is 0 Å². The van der Waals surface area contributed by atoms with Crippen molar-refractivity contribution in [3.05, 3.63) is 86.4 Å². The van der Waals surface area contributed by atoms with E-state index in [0.29, 0.717) is 26.9 Å². The number of aliphatic hydroxyl groups is 1. The summed E-state index contributed by atoms with van der Waals surface area (Å²) in [6.07, 6.45) is 3.30.